The van der Waals surface area contributed by atoms with Crippen LogP contribution in [0.25, 0.3) is 0 Å². The van der Waals surface area contributed by atoms with Crippen LogP contribution in [0.3, 0.4) is 0 Å². The van der Waals surface area contributed by atoms with Gasteiger partial charge >= 0.3 is 0 Å². The molecule has 2 amide bonds. The topological polar surface area (TPSA) is 63.7 Å². The summed E-state index contributed by atoms with van der Waals surface area (Å²) in [5, 5.41) is 0. The van der Waals surface area contributed by atoms with Crippen molar-refractivity contribution in [2.75, 3.05) is 4.90 Å². The van der Waals surface area contributed by atoms with Crippen LogP contribution in [-0.4, -0.2) is 23.2 Å². The first-order valence-electron chi connectivity index (χ1n) is 8.27. The molecule has 0 saturated heterocycles. The molecule has 0 radical (unpaired) electrons. The van der Waals surface area contributed by atoms with E-state index in [9.17, 15) is 14.4 Å². The Balaban J connectivity index is 1.75. The van der Waals surface area contributed by atoms with Gasteiger partial charge in [0, 0.05) is 0 Å². The molecule has 0 saturated carbocycles. The van der Waals surface area contributed by atoms with Crippen molar-refractivity contribution in [1.82, 2.24) is 0 Å². The van der Waals surface area contributed by atoms with Crippen LogP contribution in [0.1, 0.15) is 57.8 Å². The van der Waals surface area contributed by atoms with Crippen molar-refractivity contribution < 1.29 is 19.1 Å². The van der Waals surface area contributed by atoms with Gasteiger partial charge in [-0.05, 0) is 43.7 Å². The summed E-state index contributed by atoms with van der Waals surface area (Å²) >= 11 is 0. The van der Waals surface area contributed by atoms with Crippen molar-refractivity contribution in [1.29, 1.82) is 0 Å². The van der Waals surface area contributed by atoms with Crippen LogP contribution < -0.4 is 9.64 Å². The molecule has 25 heavy (non-hydrogen) atoms. The maximum Gasteiger partial charge on any atom is 0.266 e. The first-order valence-corrected chi connectivity index (χ1v) is 8.27. The van der Waals surface area contributed by atoms with Gasteiger partial charge in [0.25, 0.3) is 11.8 Å². The summed E-state index contributed by atoms with van der Waals surface area (Å²) in [6.45, 7) is 3.89. The van der Waals surface area contributed by atoms with Crippen LogP contribution in [0.15, 0.2) is 42.5 Å². The van der Waals surface area contributed by atoms with E-state index in [0.29, 0.717) is 28.1 Å². The molecule has 2 aromatic carbocycles. The van der Waals surface area contributed by atoms with E-state index in [1.165, 1.54) is 0 Å². The third-order valence-corrected chi connectivity index (χ3v) is 4.95. The van der Waals surface area contributed by atoms with Gasteiger partial charge in [-0.15, -0.1) is 0 Å². The lowest BCUT2D eigenvalue weighted by atomic mass is 9.89. The predicted molar refractivity (Wildman–Crippen MR) is 92.3 cm³/mol. The van der Waals surface area contributed by atoms with Gasteiger partial charge in [-0.25, -0.2) is 4.90 Å². The summed E-state index contributed by atoms with van der Waals surface area (Å²) in [4.78, 5) is 38.8. The fourth-order valence-electron chi connectivity index (χ4n) is 3.32. The normalized spacial score (nSPS) is 21.8. The molecule has 126 valence electrons. The van der Waals surface area contributed by atoms with Crippen molar-refractivity contribution in [3.8, 4) is 5.75 Å². The number of Topliss-reactive ketones (excluding diaryl/α,β-unsaturated/α-hetero) is 1. The fourth-order valence-corrected chi connectivity index (χ4v) is 3.32. The second-order valence-corrected chi connectivity index (χ2v) is 6.68. The summed E-state index contributed by atoms with van der Waals surface area (Å²) in [5.74, 6) is -0.281. The summed E-state index contributed by atoms with van der Waals surface area (Å²) in [6.07, 6.45) is 1.00. The molecular formula is C20H17NO4. The lowest BCUT2D eigenvalue weighted by molar-refractivity contribution is 0.0498. The number of hydrogen-bond acceptors (Lipinski definition) is 4. The van der Waals surface area contributed by atoms with Crippen LogP contribution in [0.2, 0.25) is 0 Å². The second-order valence-electron chi connectivity index (χ2n) is 6.68. The molecule has 0 spiro atoms. The third kappa shape index (κ3) is 2.27. The van der Waals surface area contributed by atoms with E-state index in [2.05, 4.69) is 0 Å². The summed E-state index contributed by atoms with van der Waals surface area (Å²) < 4.78 is 5.96. The van der Waals surface area contributed by atoms with Crippen LogP contribution in [0, 0.1) is 0 Å². The first kappa shape index (κ1) is 15.6. The van der Waals surface area contributed by atoms with Crippen LogP contribution in [0.5, 0.6) is 5.75 Å². The Morgan fingerprint density at radius 2 is 1.64 bits per heavy atom. The average molecular weight is 335 g/mol. The highest BCUT2D eigenvalue weighted by atomic mass is 16.5. The Morgan fingerprint density at radius 1 is 1.00 bits per heavy atom. The van der Waals surface area contributed by atoms with Crippen molar-refractivity contribution >= 4 is 23.3 Å². The van der Waals surface area contributed by atoms with Gasteiger partial charge < -0.3 is 4.74 Å². The Hall–Kier alpha value is -2.95. The monoisotopic (exact) mass is 335 g/mol. The zero-order valence-electron chi connectivity index (χ0n) is 14.0. The van der Waals surface area contributed by atoms with E-state index in [4.69, 9.17) is 4.74 Å². The Labute approximate surface area is 145 Å². The predicted octanol–water partition coefficient (Wildman–Crippen LogP) is 3.62. The molecule has 0 aliphatic carbocycles. The van der Waals surface area contributed by atoms with E-state index < -0.39 is 5.60 Å². The highest BCUT2D eigenvalue weighted by molar-refractivity contribution is 6.34. The first-order chi connectivity index (χ1) is 11.9. The zero-order chi connectivity index (χ0) is 17.8. The van der Waals surface area contributed by atoms with Gasteiger partial charge in [0.1, 0.15) is 11.4 Å². The van der Waals surface area contributed by atoms with Gasteiger partial charge in [-0.2, -0.15) is 0 Å². The number of carbonyl (C=O) groups excluding carboxylic acids is 3. The molecule has 2 aromatic rings. The van der Waals surface area contributed by atoms with E-state index in [1.807, 2.05) is 13.8 Å². The molecule has 0 fully saturated rings. The van der Waals surface area contributed by atoms with E-state index in [1.54, 1.807) is 42.5 Å². The highest BCUT2D eigenvalue weighted by Crippen LogP contribution is 2.38. The summed E-state index contributed by atoms with van der Waals surface area (Å²) in [7, 11) is 0. The number of benzene rings is 2. The maximum atomic E-state index is 12.6. The minimum atomic E-state index is -0.513. The van der Waals surface area contributed by atoms with E-state index in [-0.39, 0.29) is 24.0 Å². The molecule has 2 heterocycles. The molecule has 4 rings (SSSR count). The summed E-state index contributed by atoms with van der Waals surface area (Å²) in [6, 6.07) is 11.6. The van der Waals surface area contributed by atoms with Gasteiger partial charge in [0.2, 0.25) is 0 Å². The molecule has 1 atom stereocenters. The van der Waals surface area contributed by atoms with Crippen LogP contribution >= 0.6 is 0 Å². The van der Waals surface area contributed by atoms with Crippen molar-refractivity contribution in [3.05, 3.63) is 59.2 Å². The molecule has 2 aliphatic rings. The summed E-state index contributed by atoms with van der Waals surface area (Å²) in [5.41, 5.74) is 1.06. The molecule has 0 bridgehead atoms. The number of ketones is 1. The molecule has 1 unspecified atom stereocenters. The van der Waals surface area contributed by atoms with E-state index in [0.717, 1.165) is 11.3 Å². The van der Waals surface area contributed by atoms with Gasteiger partial charge in [-0.3, -0.25) is 14.4 Å². The van der Waals surface area contributed by atoms with Gasteiger partial charge in [0.05, 0.1) is 28.8 Å². The standard InChI is InChI=1S/C20H17NO4/c1-3-20(2)11-16(22)15-10-12(8-9-17(15)25-20)21-18(23)13-6-4-5-7-14(13)19(21)24/h4-10H,3,11H2,1-2H3. The number of ether oxygens (including phenoxy) is 1. The lowest BCUT2D eigenvalue weighted by Crippen LogP contribution is -2.38. The minimum Gasteiger partial charge on any atom is -0.486 e. The number of nitrogens with zero attached hydrogens (tertiary/aromatic N) is 1. The number of fused-ring (bicyclic) bond motifs is 2. The zero-order valence-corrected chi connectivity index (χ0v) is 14.0. The number of hydrogen-bond donors (Lipinski definition) is 0. The molecule has 5 nitrogen and oxygen atoms in total. The number of anilines is 1. The van der Waals surface area contributed by atoms with Crippen LogP contribution in [0.4, 0.5) is 5.69 Å². The fraction of sp³-hybridized carbons (Fsp3) is 0.250. The minimum absolute atomic E-state index is 0.0379. The number of carbonyl (C=O) groups is 3. The van der Waals surface area contributed by atoms with Crippen molar-refractivity contribution in [3.63, 3.8) is 0 Å². The highest BCUT2D eigenvalue weighted by Gasteiger charge is 2.39. The van der Waals surface area contributed by atoms with Gasteiger partial charge in [-0.1, -0.05) is 19.1 Å². The second kappa shape index (κ2) is 5.28. The number of imide groups is 1. The number of amides is 2. The van der Waals surface area contributed by atoms with Crippen molar-refractivity contribution in [2.45, 2.75) is 32.3 Å². The third-order valence-electron chi connectivity index (χ3n) is 4.95. The van der Waals surface area contributed by atoms with E-state index >= 15 is 0 Å². The molecule has 5 heteroatoms. The molecular weight excluding hydrogens is 318 g/mol. The van der Waals surface area contributed by atoms with Crippen LogP contribution in [-0.2, 0) is 0 Å². The lowest BCUT2D eigenvalue weighted by Gasteiger charge is -2.34. The Kier molecular flexibility index (Phi) is 3.29. The van der Waals surface area contributed by atoms with Crippen molar-refractivity contribution in [2.24, 2.45) is 0 Å². The molecule has 2 aliphatic heterocycles. The Morgan fingerprint density at radius 3 is 2.24 bits per heavy atom. The Bertz CT molecular complexity index is 898. The number of rotatable bonds is 2. The largest absolute Gasteiger partial charge is 0.486 e. The maximum absolute atomic E-state index is 12.6. The molecule has 0 N–H and O–H groups in total. The van der Waals surface area contributed by atoms with Gasteiger partial charge in [0.15, 0.2) is 5.78 Å². The SMILES string of the molecule is CCC1(C)CC(=O)c2cc(N3C(=O)c4ccccc4C3=O)ccc2O1. The quantitative estimate of drug-likeness (QED) is 0.786. The average Bonchev–Trinajstić information content (AvgIpc) is 2.86. The molecule has 0 aromatic heterocycles. The smallest absolute Gasteiger partial charge is 0.266 e.